The van der Waals surface area contributed by atoms with Gasteiger partial charge in [0.25, 0.3) is 0 Å². The van der Waals surface area contributed by atoms with E-state index in [2.05, 4.69) is 44.9 Å². The Kier molecular flexibility index (Phi) is 4.98. The van der Waals surface area contributed by atoms with E-state index in [1.54, 1.807) is 0 Å². The Hall–Kier alpha value is -0.190. The summed E-state index contributed by atoms with van der Waals surface area (Å²) in [6.45, 7) is 6.92. The number of piperidine rings is 1. The molecule has 1 aromatic heterocycles. The van der Waals surface area contributed by atoms with Crippen molar-refractivity contribution in [1.82, 2.24) is 15.1 Å². The van der Waals surface area contributed by atoms with Gasteiger partial charge in [0.2, 0.25) is 0 Å². The van der Waals surface area contributed by atoms with Crippen LogP contribution in [0, 0.1) is 5.92 Å². The molecule has 0 saturated carbocycles. The molecule has 1 atom stereocenters. The third-order valence-corrected chi connectivity index (χ3v) is 4.65. The van der Waals surface area contributed by atoms with Crippen LogP contribution in [0.5, 0.6) is 0 Å². The second kappa shape index (κ2) is 6.31. The van der Waals surface area contributed by atoms with Gasteiger partial charge in [-0.25, -0.2) is 0 Å². The Morgan fingerprint density at radius 3 is 2.94 bits per heavy atom. The third kappa shape index (κ3) is 3.65. The van der Waals surface area contributed by atoms with Gasteiger partial charge >= 0.3 is 0 Å². The van der Waals surface area contributed by atoms with Gasteiger partial charge in [-0.2, -0.15) is 5.10 Å². The normalized spacial score (nSPS) is 21.5. The minimum absolute atomic E-state index is 0.436. The van der Waals surface area contributed by atoms with Crippen LogP contribution in [0.4, 0.5) is 0 Å². The predicted octanol–water partition coefficient (Wildman–Crippen LogP) is 3.56. The van der Waals surface area contributed by atoms with E-state index in [1.807, 2.05) is 6.07 Å². The van der Waals surface area contributed by atoms with Gasteiger partial charge in [-0.05, 0) is 67.6 Å². The molecule has 0 radical (unpaired) electrons. The van der Waals surface area contributed by atoms with Crippen LogP contribution in [0.1, 0.15) is 32.4 Å². The Balaban J connectivity index is 1.98. The van der Waals surface area contributed by atoms with Crippen LogP contribution in [0.25, 0.3) is 0 Å². The molecule has 0 N–H and O–H groups in total. The van der Waals surface area contributed by atoms with Gasteiger partial charge in [0, 0.05) is 12.6 Å². The molecule has 5 heteroatoms. The van der Waals surface area contributed by atoms with Crippen LogP contribution in [0.3, 0.4) is 0 Å². The van der Waals surface area contributed by atoms with Gasteiger partial charge in [-0.15, -0.1) is 5.10 Å². The zero-order valence-electron chi connectivity index (χ0n) is 10.9. The van der Waals surface area contributed by atoms with E-state index in [9.17, 15) is 0 Å². The summed E-state index contributed by atoms with van der Waals surface area (Å²) in [5.41, 5.74) is 1.03. The number of aromatic nitrogens is 2. The van der Waals surface area contributed by atoms with E-state index < -0.39 is 0 Å². The van der Waals surface area contributed by atoms with Crippen LogP contribution in [0.2, 0.25) is 5.15 Å². The Bertz CT molecular complexity index is 411. The van der Waals surface area contributed by atoms with Crippen LogP contribution < -0.4 is 0 Å². The van der Waals surface area contributed by atoms with Gasteiger partial charge < -0.3 is 4.90 Å². The van der Waals surface area contributed by atoms with Crippen molar-refractivity contribution in [2.24, 2.45) is 5.92 Å². The van der Waals surface area contributed by atoms with Gasteiger partial charge in [0.1, 0.15) is 0 Å². The minimum Gasteiger partial charge on any atom is -0.301 e. The summed E-state index contributed by atoms with van der Waals surface area (Å²) in [5, 5.41) is 8.56. The second-order valence-electron chi connectivity index (χ2n) is 5.28. The molecule has 1 saturated heterocycles. The van der Waals surface area contributed by atoms with Crippen LogP contribution in [0.15, 0.2) is 10.5 Å². The smallest absolute Gasteiger partial charge is 0.165 e. The molecule has 2 heterocycles. The molecule has 1 fully saturated rings. The standard InChI is InChI=1S/C13H19BrClN3/c1-9(2)18-5-3-4-10(8-18)6-11-7-12(14)13(15)17-16-11/h7,9-10H,3-6,8H2,1-2H3. The molecular formula is C13H19BrClN3. The number of hydrogen-bond donors (Lipinski definition) is 0. The molecule has 0 bridgehead atoms. The van der Waals surface area contributed by atoms with Crippen molar-refractivity contribution >= 4 is 27.5 Å². The third-order valence-electron chi connectivity index (χ3n) is 3.54. The Morgan fingerprint density at radius 2 is 2.28 bits per heavy atom. The molecule has 0 aromatic carbocycles. The molecule has 1 unspecified atom stereocenters. The van der Waals surface area contributed by atoms with Crippen molar-refractivity contribution in [2.75, 3.05) is 13.1 Å². The second-order valence-corrected chi connectivity index (χ2v) is 6.49. The van der Waals surface area contributed by atoms with E-state index in [4.69, 9.17) is 11.6 Å². The average molecular weight is 333 g/mol. The average Bonchev–Trinajstić information content (AvgIpc) is 2.34. The minimum atomic E-state index is 0.436. The van der Waals surface area contributed by atoms with E-state index in [-0.39, 0.29) is 0 Å². The fraction of sp³-hybridized carbons (Fsp3) is 0.692. The topological polar surface area (TPSA) is 29.0 Å². The molecule has 1 aliphatic heterocycles. The summed E-state index contributed by atoms with van der Waals surface area (Å²) in [6.07, 6.45) is 3.56. The van der Waals surface area contributed by atoms with Crippen molar-refractivity contribution in [1.29, 1.82) is 0 Å². The van der Waals surface area contributed by atoms with Crippen LogP contribution in [-0.4, -0.2) is 34.2 Å². The van der Waals surface area contributed by atoms with Crippen molar-refractivity contribution in [3.63, 3.8) is 0 Å². The highest BCUT2D eigenvalue weighted by Crippen LogP contribution is 2.24. The lowest BCUT2D eigenvalue weighted by Crippen LogP contribution is -2.40. The lowest BCUT2D eigenvalue weighted by Gasteiger charge is -2.35. The van der Waals surface area contributed by atoms with Gasteiger partial charge in [0.05, 0.1) is 10.2 Å². The zero-order chi connectivity index (χ0) is 13.1. The lowest BCUT2D eigenvalue weighted by molar-refractivity contribution is 0.139. The molecule has 3 nitrogen and oxygen atoms in total. The molecule has 100 valence electrons. The summed E-state index contributed by atoms with van der Waals surface area (Å²) in [7, 11) is 0. The number of likely N-dealkylation sites (tertiary alicyclic amines) is 1. The first-order valence-corrected chi connectivity index (χ1v) is 7.65. The lowest BCUT2D eigenvalue weighted by atomic mass is 9.92. The van der Waals surface area contributed by atoms with Gasteiger partial charge in [0.15, 0.2) is 5.15 Å². The summed E-state index contributed by atoms with van der Waals surface area (Å²) in [6, 6.07) is 2.62. The van der Waals surface area contributed by atoms with Gasteiger partial charge in [-0.3, -0.25) is 0 Å². The maximum absolute atomic E-state index is 5.86. The first-order valence-electron chi connectivity index (χ1n) is 6.48. The molecule has 1 aliphatic rings. The van der Waals surface area contributed by atoms with Crippen molar-refractivity contribution in [3.8, 4) is 0 Å². The van der Waals surface area contributed by atoms with Crippen LogP contribution >= 0.6 is 27.5 Å². The summed E-state index contributed by atoms with van der Waals surface area (Å²) in [5.74, 6) is 0.684. The molecule has 0 amide bonds. The first kappa shape index (κ1) is 14.2. The summed E-state index contributed by atoms with van der Waals surface area (Å²) < 4.78 is 0.839. The quantitative estimate of drug-likeness (QED) is 0.847. The zero-order valence-corrected chi connectivity index (χ0v) is 13.2. The molecule has 0 spiro atoms. The van der Waals surface area contributed by atoms with Crippen molar-refractivity contribution in [3.05, 3.63) is 21.4 Å². The molecule has 18 heavy (non-hydrogen) atoms. The summed E-state index contributed by atoms with van der Waals surface area (Å²) in [4.78, 5) is 2.55. The van der Waals surface area contributed by atoms with E-state index in [0.717, 1.165) is 16.6 Å². The highest BCUT2D eigenvalue weighted by Gasteiger charge is 2.22. The monoisotopic (exact) mass is 331 g/mol. The number of halogens is 2. The number of hydrogen-bond acceptors (Lipinski definition) is 3. The highest BCUT2D eigenvalue weighted by molar-refractivity contribution is 9.10. The highest BCUT2D eigenvalue weighted by atomic mass is 79.9. The maximum atomic E-state index is 5.86. The SMILES string of the molecule is CC(C)N1CCCC(Cc2cc(Br)c(Cl)nn2)C1. The number of nitrogens with zero attached hydrogens (tertiary/aromatic N) is 3. The Morgan fingerprint density at radius 1 is 1.50 bits per heavy atom. The largest absolute Gasteiger partial charge is 0.301 e. The first-order chi connectivity index (χ1) is 8.56. The fourth-order valence-corrected chi connectivity index (χ4v) is 2.95. The van der Waals surface area contributed by atoms with Crippen LogP contribution in [-0.2, 0) is 6.42 Å². The van der Waals surface area contributed by atoms with E-state index in [1.165, 1.54) is 25.9 Å². The van der Waals surface area contributed by atoms with Gasteiger partial charge in [-0.1, -0.05) is 11.6 Å². The van der Waals surface area contributed by atoms with E-state index >= 15 is 0 Å². The fourth-order valence-electron chi connectivity index (χ4n) is 2.52. The molecule has 1 aromatic rings. The molecule has 0 aliphatic carbocycles. The van der Waals surface area contributed by atoms with Crippen molar-refractivity contribution < 1.29 is 0 Å². The molecular weight excluding hydrogens is 314 g/mol. The van der Waals surface area contributed by atoms with Crippen molar-refractivity contribution in [2.45, 2.75) is 39.2 Å². The Labute approximate surface area is 122 Å². The maximum Gasteiger partial charge on any atom is 0.165 e. The predicted molar refractivity (Wildman–Crippen MR) is 77.9 cm³/mol. The van der Waals surface area contributed by atoms with E-state index in [0.29, 0.717) is 17.1 Å². The summed E-state index contributed by atoms with van der Waals surface area (Å²) >= 11 is 9.26. The number of rotatable bonds is 3. The molecule has 2 rings (SSSR count).